The fraction of sp³-hybridized carbons (Fsp3) is 0.650. The minimum absolute atomic E-state index is 0.0405. The molecule has 1 aromatic rings. The van der Waals surface area contributed by atoms with Crippen molar-refractivity contribution in [3.05, 3.63) is 29.8 Å². The van der Waals surface area contributed by atoms with E-state index in [1.165, 1.54) is 0 Å². The van der Waals surface area contributed by atoms with Crippen molar-refractivity contribution in [1.29, 1.82) is 0 Å². The molecule has 0 bridgehead atoms. The van der Waals surface area contributed by atoms with Gasteiger partial charge in [0.05, 0.1) is 12.9 Å². The zero-order chi connectivity index (χ0) is 20.6. The summed E-state index contributed by atoms with van der Waals surface area (Å²) < 4.78 is 32.1. The predicted octanol–water partition coefficient (Wildman–Crippen LogP) is 2.68. The lowest BCUT2D eigenvalue weighted by Gasteiger charge is -2.32. The molecule has 8 heteroatoms. The number of ether oxygens (including phenoxy) is 1. The summed E-state index contributed by atoms with van der Waals surface area (Å²) in [5.41, 5.74) is 0.945. The molecule has 1 atom stereocenters. The molecule has 158 valence electrons. The molecule has 6 nitrogen and oxygen atoms in total. The molecule has 0 aromatic heterocycles. The molecule has 1 aliphatic rings. The molecule has 1 fully saturated rings. The Labute approximate surface area is 173 Å². The topological polar surface area (TPSA) is 84.5 Å². The molecule has 0 spiro atoms. The van der Waals surface area contributed by atoms with Gasteiger partial charge in [0.1, 0.15) is 11.8 Å². The van der Waals surface area contributed by atoms with E-state index >= 15 is 0 Å². The zero-order valence-electron chi connectivity index (χ0n) is 17.0. The molecule has 2 N–H and O–H groups in total. The number of nitrogens with one attached hydrogen (secondary N) is 2. The number of para-hydroxylation sites is 1. The number of thioether (sulfide) groups is 1. The number of sulfonamides is 1. The van der Waals surface area contributed by atoms with E-state index in [0.717, 1.165) is 37.0 Å². The summed E-state index contributed by atoms with van der Waals surface area (Å²) in [4.78, 5) is 12.8. The van der Waals surface area contributed by atoms with Crippen LogP contribution in [0.4, 0.5) is 0 Å². The fourth-order valence-corrected chi connectivity index (χ4v) is 5.13. The summed E-state index contributed by atoms with van der Waals surface area (Å²) >= 11 is 1.59. The van der Waals surface area contributed by atoms with Crippen LogP contribution in [0.1, 0.15) is 44.6 Å². The van der Waals surface area contributed by atoms with Gasteiger partial charge in [0, 0.05) is 17.5 Å². The third kappa shape index (κ3) is 5.87. The summed E-state index contributed by atoms with van der Waals surface area (Å²) in [6, 6.07) is 7.22. The number of hydrogen-bond acceptors (Lipinski definition) is 5. The number of rotatable bonds is 11. The van der Waals surface area contributed by atoms with Gasteiger partial charge < -0.3 is 10.1 Å². The summed E-state index contributed by atoms with van der Waals surface area (Å²) in [5, 5.41) is 3.04. The van der Waals surface area contributed by atoms with Crippen LogP contribution >= 0.6 is 11.8 Å². The first-order chi connectivity index (χ1) is 13.4. The van der Waals surface area contributed by atoms with E-state index < -0.39 is 16.1 Å². The minimum atomic E-state index is -3.45. The van der Waals surface area contributed by atoms with E-state index in [4.69, 9.17) is 4.74 Å². The standard InChI is InChI=1S/C20H32N2O4S2/c1-4-28(24,25)22-17(11-14-27-3)19(23)21-15-20(12-7-8-13-20)16-9-5-6-10-18(16)26-2/h5-6,9-10,17,22H,4,7-8,11-15H2,1-3H3,(H,21,23). The molecule has 1 aromatic carbocycles. The second-order valence-electron chi connectivity index (χ2n) is 7.26. The average Bonchev–Trinajstić information content (AvgIpc) is 3.19. The molecular weight excluding hydrogens is 396 g/mol. The highest BCUT2D eigenvalue weighted by Gasteiger charge is 2.38. The van der Waals surface area contributed by atoms with Crippen LogP contribution in [0.2, 0.25) is 0 Å². The van der Waals surface area contributed by atoms with Crippen LogP contribution in [0.25, 0.3) is 0 Å². The first kappa shape index (κ1) is 23.0. The third-order valence-corrected chi connectivity index (χ3v) is 7.52. The van der Waals surface area contributed by atoms with Crippen molar-refractivity contribution in [3.63, 3.8) is 0 Å². The van der Waals surface area contributed by atoms with Gasteiger partial charge in [-0.25, -0.2) is 13.1 Å². The summed E-state index contributed by atoms with van der Waals surface area (Å²) in [7, 11) is -1.78. The average molecular weight is 429 g/mol. The molecule has 0 heterocycles. The summed E-state index contributed by atoms with van der Waals surface area (Å²) in [6.45, 7) is 2.05. The van der Waals surface area contributed by atoms with E-state index in [-0.39, 0.29) is 17.1 Å². The van der Waals surface area contributed by atoms with Crippen molar-refractivity contribution in [2.75, 3.05) is 31.4 Å². The van der Waals surface area contributed by atoms with Crippen LogP contribution in [-0.2, 0) is 20.2 Å². The first-order valence-electron chi connectivity index (χ1n) is 9.77. The maximum Gasteiger partial charge on any atom is 0.238 e. The van der Waals surface area contributed by atoms with Crippen molar-refractivity contribution in [2.45, 2.75) is 50.5 Å². The lowest BCUT2D eigenvalue weighted by molar-refractivity contribution is -0.123. The van der Waals surface area contributed by atoms with Gasteiger partial charge in [-0.2, -0.15) is 11.8 Å². The molecular formula is C20H32N2O4S2. The van der Waals surface area contributed by atoms with Crippen LogP contribution in [-0.4, -0.2) is 51.8 Å². The smallest absolute Gasteiger partial charge is 0.238 e. The third-order valence-electron chi connectivity index (χ3n) is 5.47. The van der Waals surface area contributed by atoms with Gasteiger partial charge in [-0.05, 0) is 44.3 Å². The predicted molar refractivity (Wildman–Crippen MR) is 116 cm³/mol. The number of amides is 1. The number of benzene rings is 1. The lowest BCUT2D eigenvalue weighted by atomic mass is 9.78. The molecule has 28 heavy (non-hydrogen) atoms. The van der Waals surface area contributed by atoms with E-state index in [9.17, 15) is 13.2 Å². The van der Waals surface area contributed by atoms with Gasteiger partial charge in [-0.3, -0.25) is 4.79 Å². The Morgan fingerprint density at radius 2 is 1.96 bits per heavy atom. The number of carbonyl (C=O) groups excluding carboxylic acids is 1. The van der Waals surface area contributed by atoms with Gasteiger partial charge in [0.2, 0.25) is 15.9 Å². The molecule has 1 amide bonds. The molecule has 0 radical (unpaired) electrons. The van der Waals surface area contributed by atoms with Crippen molar-refractivity contribution in [3.8, 4) is 5.75 Å². The van der Waals surface area contributed by atoms with E-state index in [1.807, 2.05) is 24.5 Å². The molecule has 2 rings (SSSR count). The highest BCUT2D eigenvalue weighted by Crippen LogP contribution is 2.44. The lowest BCUT2D eigenvalue weighted by Crippen LogP contribution is -2.50. The molecule has 0 saturated heterocycles. The second kappa shape index (κ2) is 10.5. The van der Waals surface area contributed by atoms with Crippen LogP contribution < -0.4 is 14.8 Å². The Kier molecular flexibility index (Phi) is 8.64. The normalized spacial score (nSPS) is 17.2. The van der Waals surface area contributed by atoms with E-state index in [1.54, 1.807) is 25.8 Å². The Bertz CT molecular complexity index is 746. The summed E-state index contributed by atoms with van der Waals surface area (Å²) in [6.07, 6.45) is 6.57. The van der Waals surface area contributed by atoms with Crippen molar-refractivity contribution >= 4 is 27.7 Å². The second-order valence-corrected chi connectivity index (χ2v) is 10.3. The fourth-order valence-electron chi connectivity index (χ4n) is 3.83. The van der Waals surface area contributed by atoms with Gasteiger partial charge in [-0.15, -0.1) is 0 Å². The van der Waals surface area contributed by atoms with Crippen LogP contribution in [0.5, 0.6) is 5.75 Å². The van der Waals surface area contributed by atoms with E-state index in [0.29, 0.717) is 18.7 Å². The Morgan fingerprint density at radius 1 is 1.29 bits per heavy atom. The van der Waals surface area contributed by atoms with Gasteiger partial charge in [0.15, 0.2) is 0 Å². The zero-order valence-corrected chi connectivity index (χ0v) is 18.6. The molecule has 1 unspecified atom stereocenters. The summed E-state index contributed by atoms with van der Waals surface area (Å²) in [5.74, 6) is 1.25. The quantitative estimate of drug-likeness (QED) is 0.566. The molecule has 1 saturated carbocycles. The monoisotopic (exact) mass is 428 g/mol. The van der Waals surface area contributed by atoms with Crippen LogP contribution in [0.3, 0.4) is 0 Å². The van der Waals surface area contributed by atoms with Gasteiger partial charge in [0.25, 0.3) is 0 Å². The minimum Gasteiger partial charge on any atom is -0.496 e. The highest BCUT2D eigenvalue weighted by atomic mass is 32.2. The highest BCUT2D eigenvalue weighted by molar-refractivity contribution is 7.98. The SMILES string of the molecule is CCS(=O)(=O)NC(CCSC)C(=O)NCC1(c2ccccc2OC)CCCC1. The first-order valence-corrected chi connectivity index (χ1v) is 12.8. The van der Waals surface area contributed by atoms with Crippen LogP contribution in [0.15, 0.2) is 24.3 Å². The Hall–Kier alpha value is -1.25. The number of carbonyl (C=O) groups is 1. The van der Waals surface area contributed by atoms with Crippen molar-refractivity contribution < 1.29 is 17.9 Å². The number of hydrogen-bond donors (Lipinski definition) is 2. The van der Waals surface area contributed by atoms with E-state index in [2.05, 4.69) is 16.1 Å². The Balaban J connectivity index is 2.16. The van der Waals surface area contributed by atoms with Gasteiger partial charge in [-0.1, -0.05) is 31.0 Å². The largest absolute Gasteiger partial charge is 0.496 e. The van der Waals surface area contributed by atoms with Gasteiger partial charge >= 0.3 is 0 Å². The number of methoxy groups -OCH3 is 1. The maximum absolute atomic E-state index is 12.8. The van der Waals surface area contributed by atoms with Crippen molar-refractivity contribution in [2.24, 2.45) is 0 Å². The molecule has 1 aliphatic carbocycles. The molecule has 0 aliphatic heterocycles. The van der Waals surface area contributed by atoms with Crippen LogP contribution in [0, 0.1) is 0 Å². The van der Waals surface area contributed by atoms with Crippen molar-refractivity contribution in [1.82, 2.24) is 10.0 Å². The maximum atomic E-state index is 12.8. The Morgan fingerprint density at radius 3 is 2.57 bits per heavy atom.